The molecular weight excluding hydrogens is 366 g/mol. The van der Waals surface area contributed by atoms with Crippen molar-refractivity contribution < 1.29 is 28.9 Å². The summed E-state index contributed by atoms with van der Waals surface area (Å²) in [6.45, 7) is 0.774. The van der Waals surface area contributed by atoms with Crippen molar-refractivity contribution in [3.8, 4) is 0 Å². The Morgan fingerprint density at radius 2 is 1.75 bits per heavy atom. The lowest BCUT2D eigenvalue weighted by atomic mass is 9.98. The molecule has 2 atom stereocenters. The number of hydroxylamine groups is 4. The van der Waals surface area contributed by atoms with E-state index in [1.807, 2.05) is 30.3 Å². The molecule has 2 bridgehead atoms. The highest BCUT2D eigenvalue weighted by molar-refractivity contribution is 6.01. The van der Waals surface area contributed by atoms with Crippen molar-refractivity contribution in [1.82, 2.24) is 15.0 Å². The van der Waals surface area contributed by atoms with Crippen molar-refractivity contribution >= 4 is 23.8 Å². The summed E-state index contributed by atoms with van der Waals surface area (Å²) in [6, 6.07) is 8.91. The lowest BCUT2D eigenvalue weighted by Crippen LogP contribution is -2.42. The van der Waals surface area contributed by atoms with E-state index >= 15 is 0 Å². The van der Waals surface area contributed by atoms with Crippen molar-refractivity contribution in [3.05, 3.63) is 35.9 Å². The number of carbonyl (C=O) groups excluding carboxylic acids is 4. The van der Waals surface area contributed by atoms with Crippen LogP contribution in [0.3, 0.4) is 0 Å². The van der Waals surface area contributed by atoms with Gasteiger partial charge in [-0.15, -0.1) is 5.06 Å². The van der Waals surface area contributed by atoms with Gasteiger partial charge in [0.15, 0.2) is 0 Å². The second kappa shape index (κ2) is 7.59. The molecular formula is C19H21N3O6. The average molecular weight is 387 g/mol. The normalized spacial score (nSPS) is 24.3. The van der Waals surface area contributed by atoms with Crippen molar-refractivity contribution in [2.75, 3.05) is 6.54 Å². The van der Waals surface area contributed by atoms with Gasteiger partial charge in [-0.05, 0) is 18.4 Å². The second-order valence-corrected chi connectivity index (χ2v) is 7.15. The van der Waals surface area contributed by atoms with E-state index in [4.69, 9.17) is 9.68 Å². The zero-order chi connectivity index (χ0) is 19.7. The van der Waals surface area contributed by atoms with Gasteiger partial charge in [0.25, 0.3) is 11.8 Å². The summed E-state index contributed by atoms with van der Waals surface area (Å²) >= 11 is 0. The summed E-state index contributed by atoms with van der Waals surface area (Å²) < 4.78 is 0. The Labute approximate surface area is 161 Å². The Morgan fingerprint density at radius 1 is 1.04 bits per heavy atom. The van der Waals surface area contributed by atoms with Gasteiger partial charge in [0.1, 0.15) is 6.61 Å². The van der Waals surface area contributed by atoms with Crippen LogP contribution in [-0.4, -0.2) is 57.5 Å². The van der Waals surface area contributed by atoms with Crippen molar-refractivity contribution in [2.24, 2.45) is 0 Å². The molecule has 0 saturated carbocycles. The summed E-state index contributed by atoms with van der Waals surface area (Å²) in [7, 11) is 0. The fraction of sp³-hybridized carbons (Fsp3) is 0.474. The molecule has 9 heteroatoms. The van der Waals surface area contributed by atoms with E-state index in [0.29, 0.717) is 31.1 Å². The van der Waals surface area contributed by atoms with Gasteiger partial charge in [-0.25, -0.2) is 9.59 Å². The number of hydrogen-bond acceptors (Lipinski definition) is 6. The van der Waals surface area contributed by atoms with Crippen LogP contribution in [0.4, 0.5) is 4.79 Å². The zero-order valence-electron chi connectivity index (χ0n) is 15.3. The van der Waals surface area contributed by atoms with E-state index < -0.39 is 17.8 Å². The quantitative estimate of drug-likeness (QED) is 0.685. The van der Waals surface area contributed by atoms with Crippen LogP contribution in [0.15, 0.2) is 30.3 Å². The van der Waals surface area contributed by atoms with E-state index in [-0.39, 0.29) is 37.4 Å². The molecule has 4 amide bonds. The Morgan fingerprint density at radius 3 is 2.46 bits per heavy atom. The fourth-order valence-corrected chi connectivity index (χ4v) is 3.80. The molecule has 0 N–H and O–H groups in total. The van der Waals surface area contributed by atoms with Gasteiger partial charge >= 0.3 is 12.0 Å². The van der Waals surface area contributed by atoms with Gasteiger partial charge in [-0.2, -0.15) is 5.06 Å². The maximum Gasteiger partial charge on any atom is 0.344 e. The third-order valence-electron chi connectivity index (χ3n) is 5.26. The van der Waals surface area contributed by atoms with Crippen LogP contribution in [0.1, 0.15) is 37.7 Å². The summed E-state index contributed by atoms with van der Waals surface area (Å²) in [6.07, 6.45) is 1.36. The Bertz CT molecular complexity index is 782. The summed E-state index contributed by atoms with van der Waals surface area (Å²) in [4.78, 5) is 60.3. The van der Waals surface area contributed by atoms with E-state index in [1.54, 1.807) is 4.90 Å². The van der Waals surface area contributed by atoms with Gasteiger partial charge in [0.2, 0.25) is 0 Å². The van der Waals surface area contributed by atoms with E-state index in [1.165, 1.54) is 5.06 Å². The van der Waals surface area contributed by atoms with Gasteiger partial charge in [0, 0.05) is 25.4 Å². The lowest BCUT2D eigenvalue weighted by Gasteiger charge is -2.29. The number of piperidine rings is 1. The number of nitrogens with zero attached hydrogens (tertiary/aromatic N) is 3. The van der Waals surface area contributed by atoms with Crippen LogP contribution >= 0.6 is 0 Å². The second-order valence-electron chi connectivity index (χ2n) is 7.15. The molecule has 0 aromatic heterocycles. The number of fused-ring (bicyclic) bond motifs is 2. The molecule has 0 aliphatic carbocycles. The maximum absolute atomic E-state index is 12.7. The molecule has 3 aliphatic rings. The first kappa shape index (κ1) is 18.4. The van der Waals surface area contributed by atoms with Gasteiger partial charge < -0.3 is 9.74 Å². The van der Waals surface area contributed by atoms with Crippen LogP contribution in [0.5, 0.6) is 0 Å². The van der Waals surface area contributed by atoms with Crippen LogP contribution < -0.4 is 0 Å². The number of imide groups is 1. The van der Waals surface area contributed by atoms with Crippen molar-refractivity contribution in [3.63, 3.8) is 0 Å². The molecule has 3 saturated heterocycles. The number of hydrogen-bond donors (Lipinski definition) is 0. The molecule has 28 heavy (non-hydrogen) atoms. The van der Waals surface area contributed by atoms with Crippen LogP contribution in [0.2, 0.25) is 0 Å². The minimum Gasteiger partial charge on any atom is -0.330 e. The molecule has 0 radical (unpaired) electrons. The third kappa shape index (κ3) is 3.57. The molecule has 3 heterocycles. The Hall–Kier alpha value is -2.94. The standard InChI is InChI=1S/C19H21N3O6/c23-16-8-9-17(24)22(16)28-18(25)10-14-6-7-15-11-20(14)19(26)21(15)27-12-13-4-2-1-3-5-13/h1-5,14-15H,6-12H2/t14-,15+/m0/s1. The van der Waals surface area contributed by atoms with Gasteiger partial charge in [0.05, 0.1) is 12.5 Å². The number of amides is 4. The first-order valence-electron chi connectivity index (χ1n) is 9.36. The number of urea groups is 1. The number of carbonyl (C=O) groups is 4. The average Bonchev–Trinajstić information content (AvgIpc) is 3.14. The zero-order valence-corrected chi connectivity index (χ0v) is 15.3. The van der Waals surface area contributed by atoms with Crippen molar-refractivity contribution in [1.29, 1.82) is 0 Å². The summed E-state index contributed by atoms with van der Waals surface area (Å²) in [5, 5.41) is 1.93. The number of benzene rings is 1. The SMILES string of the molecule is O=C(C[C@@H]1CC[C@@H]2CN1C(=O)N2OCc1ccccc1)ON1C(=O)CCC1=O. The molecule has 1 aromatic rings. The highest BCUT2D eigenvalue weighted by Gasteiger charge is 2.46. The van der Waals surface area contributed by atoms with Gasteiger partial charge in [-0.1, -0.05) is 30.3 Å². The topological polar surface area (TPSA) is 96.5 Å². The van der Waals surface area contributed by atoms with E-state index in [2.05, 4.69) is 0 Å². The summed E-state index contributed by atoms with van der Waals surface area (Å²) in [5.74, 6) is -1.72. The third-order valence-corrected chi connectivity index (χ3v) is 5.26. The van der Waals surface area contributed by atoms with E-state index in [9.17, 15) is 19.2 Å². The minimum atomic E-state index is -0.691. The lowest BCUT2D eigenvalue weighted by molar-refractivity contribution is -0.198. The summed E-state index contributed by atoms with van der Waals surface area (Å²) in [5.41, 5.74) is 0.965. The molecule has 0 spiro atoms. The first-order chi connectivity index (χ1) is 13.5. The largest absolute Gasteiger partial charge is 0.344 e. The molecule has 1 aromatic carbocycles. The van der Waals surface area contributed by atoms with Crippen LogP contribution in [0.25, 0.3) is 0 Å². The predicted molar refractivity (Wildman–Crippen MR) is 93.8 cm³/mol. The number of rotatable bonds is 6. The Kier molecular flexibility index (Phi) is 4.99. The minimum absolute atomic E-state index is 0.0507. The molecule has 3 aliphatic heterocycles. The fourth-order valence-electron chi connectivity index (χ4n) is 3.80. The predicted octanol–water partition coefficient (Wildman–Crippen LogP) is 1.38. The Balaban J connectivity index is 1.33. The highest BCUT2D eigenvalue weighted by atomic mass is 16.7. The molecule has 4 rings (SSSR count). The maximum atomic E-state index is 12.7. The van der Waals surface area contributed by atoms with Crippen LogP contribution in [0, 0.1) is 0 Å². The van der Waals surface area contributed by atoms with Crippen LogP contribution in [-0.2, 0) is 30.7 Å². The molecule has 148 valence electrons. The molecule has 0 unspecified atom stereocenters. The van der Waals surface area contributed by atoms with Gasteiger partial charge in [-0.3, -0.25) is 14.4 Å². The highest BCUT2D eigenvalue weighted by Crippen LogP contribution is 2.32. The van der Waals surface area contributed by atoms with E-state index in [0.717, 1.165) is 5.56 Å². The molecule has 3 fully saturated rings. The first-order valence-corrected chi connectivity index (χ1v) is 9.36. The van der Waals surface area contributed by atoms with Crippen molar-refractivity contribution in [2.45, 2.75) is 50.8 Å². The molecule has 9 nitrogen and oxygen atoms in total. The smallest absolute Gasteiger partial charge is 0.330 e. The monoisotopic (exact) mass is 387 g/mol.